The topological polar surface area (TPSA) is 91.7 Å². The third kappa shape index (κ3) is 16.0. The summed E-state index contributed by atoms with van der Waals surface area (Å²) in [6.07, 6.45) is 14.6. The lowest BCUT2D eigenvalue weighted by molar-refractivity contribution is -0.141. The van der Waals surface area contributed by atoms with Crippen LogP contribution in [0.25, 0.3) is 0 Å². The molecule has 1 atom stereocenters. The van der Waals surface area contributed by atoms with Crippen LogP contribution in [0, 0.1) is 5.92 Å². The molecule has 0 rings (SSSR count). The van der Waals surface area contributed by atoms with Crippen LogP contribution in [0.3, 0.4) is 0 Å². The molecular weight excluding hydrogens is 316 g/mol. The summed E-state index contributed by atoms with van der Waals surface area (Å²) < 4.78 is 30.3. The van der Waals surface area contributed by atoms with Gasteiger partial charge in [-0.05, 0) is 6.42 Å². The van der Waals surface area contributed by atoms with Crippen molar-refractivity contribution in [2.75, 3.05) is 5.75 Å². The molecule has 2 N–H and O–H groups in total. The number of rotatable bonds is 16. The highest BCUT2D eigenvalue weighted by Gasteiger charge is 2.23. The van der Waals surface area contributed by atoms with E-state index < -0.39 is 27.8 Å². The largest absolute Gasteiger partial charge is 0.481 e. The molecule has 0 aromatic rings. The molecule has 0 spiro atoms. The lowest BCUT2D eigenvalue weighted by atomic mass is 10.0. The Morgan fingerprint density at radius 3 is 1.57 bits per heavy atom. The summed E-state index contributed by atoms with van der Waals surface area (Å²) in [7, 11) is -4.22. The SMILES string of the molecule is CCCCCCCCCCCCCCC(CS(=O)(=O)O)C(=O)O. The molecule has 0 aliphatic heterocycles. The van der Waals surface area contributed by atoms with Gasteiger partial charge in [0.2, 0.25) is 0 Å². The van der Waals surface area contributed by atoms with E-state index in [4.69, 9.17) is 9.66 Å². The summed E-state index contributed by atoms with van der Waals surface area (Å²) in [5.41, 5.74) is 0. The van der Waals surface area contributed by atoms with E-state index in [1.807, 2.05) is 0 Å². The maximum Gasteiger partial charge on any atom is 0.307 e. The van der Waals surface area contributed by atoms with Crippen LogP contribution in [0.2, 0.25) is 0 Å². The zero-order chi connectivity index (χ0) is 17.6. The smallest absolute Gasteiger partial charge is 0.307 e. The molecule has 0 saturated heterocycles. The van der Waals surface area contributed by atoms with Crippen molar-refractivity contribution in [3.05, 3.63) is 0 Å². The molecule has 0 radical (unpaired) electrons. The predicted octanol–water partition coefficient (Wildman–Crippen LogP) is 4.67. The van der Waals surface area contributed by atoms with Gasteiger partial charge >= 0.3 is 5.97 Å². The van der Waals surface area contributed by atoms with Crippen LogP contribution in [0.15, 0.2) is 0 Å². The second-order valence-electron chi connectivity index (χ2n) is 6.46. The number of hydrogen-bond donors (Lipinski definition) is 2. The Hall–Kier alpha value is -0.620. The van der Waals surface area contributed by atoms with E-state index in [0.717, 1.165) is 19.3 Å². The van der Waals surface area contributed by atoms with Gasteiger partial charge in [0.25, 0.3) is 10.1 Å². The van der Waals surface area contributed by atoms with E-state index in [1.165, 1.54) is 51.4 Å². The fourth-order valence-electron chi connectivity index (χ4n) is 2.76. The van der Waals surface area contributed by atoms with E-state index in [-0.39, 0.29) is 0 Å². The summed E-state index contributed by atoms with van der Waals surface area (Å²) in [6.45, 7) is 2.22. The van der Waals surface area contributed by atoms with Gasteiger partial charge < -0.3 is 5.11 Å². The van der Waals surface area contributed by atoms with Crippen LogP contribution in [0.1, 0.15) is 90.4 Å². The summed E-state index contributed by atoms with van der Waals surface area (Å²) in [4.78, 5) is 10.9. The molecule has 6 heteroatoms. The minimum absolute atomic E-state index is 0.312. The van der Waals surface area contributed by atoms with E-state index in [2.05, 4.69) is 6.92 Å². The highest BCUT2D eigenvalue weighted by molar-refractivity contribution is 7.85. The van der Waals surface area contributed by atoms with Gasteiger partial charge in [0.1, 0.15) is 0 Å². The number of carbonyl (C=O) groups is 1. The van der Waals surface area contributed by atoms with Gasteiger partial charge in [-0.2, -0.15) is 8.42 Å². The van der Waals surface area contributed by atoms with Crippen molar-refractivity contribution in [3.8, 4) is 0 Å². The van der Waals surface area contributed by atoms with Crippen LogP contribution in [0.5, 0.6) is 0 Å². The number of unbranched alkanes of at least 4 members (excludes halogenated alkanes) is 11. The van der Waals surface area contributed by atoms with Crippen molar-refractivity contribution in [3.63, 3.8) is 0 Å². The van der Waals surface area contributed by atoms with E-state index in [1.54, 1.807) is 0 Å². The maximum absolute atomic E-state index is 10.9. The maximum atomic E-state index is 10.9. The predicted molar refractivity (Wildman–Crippen MR) is 93.2 cm³/mol. The molecule has 0 saturated carbocycles. The Kier molecular flexibility index (Phi) is 13.4. The van der Waals surface area contributed by atoms with Gasteiger partial charge in [0, 0.05) is 0 Å². The van der Waals surface area contributed by atoms with Gasteiger partial charge in [0.05, 0.1) is 11.7 Å². The molecule has 0 aromatic carbocycles. The van der Waals surface area contributed by atoms with Crippen molar-refractivity contribution in [1.82, 2.24) is 0 Å². The van der Waals surface area contributed by atoms with Gasteiger partial charge in [-0.25, -0.2) is 0 Å². The molecule has 138 valence electrons. The molecular formula is C17H34O5S. The molecule has 0 aliphatic rings. The van der Waals surface area contributed by atoms with Gasteiger partial charge in [-0.3, -0.25) is 9.35 Å². The van der Waals surface area contributed by atoms with Crippen molar-refractivity contribution in [2.24, 2.45) is 5.92 Å². The standard InChI is InChI=1S/C17H34O5S/c1-2-3-4-5-6-7-8-9-10-11-12-13-14-16(17(18)19)15-23(20,21)22/h16H,2-15H2,1H3,(H,18,19)(H,20,21,22). The molecule has 0 heterocycles. The Morgan fingerprint density at radius 1 is 0.826 bits per heavy atom. The van der Waals surface area contributed by atoms with Crippen molar-refractivity contribution >= 4 is 16.1 Å². The lowest BCUT2D eigenvalue weighted by Gasteiger charge is -2.10. The van der Waals surface area contributed by atoms with E-state index in [9.17, 15) is 13.2 Å². The molecule has 0 fully saturated rings. The summed E-state index contributed by atoms with van der Waals surface area (Å²) in [5, 5.41) is 8.94. The average Bonchev–Trinajstić information content (AvgIpc) is 2.45. The quantitative estimate of drug-likeness (QED) is 0.312. The Balaban J connectivity index is 3.48. The normalized spacial score (nSPS) is 13.1. The molecule has 0 aliphatic carbocycles. The summed E-state index contributed by atoms with van der Waals surface area (Å²) in [6, 6.07) is 0. The molecule has 0 amide bonds. The zero-order valence-corrected chi connectivity index (χ0v) is 15.3. The molecule has 23 heavy (non-hydrogen) atoms. The molecule has 0 aromatic heterocycles. The first-order chi connectivity index (χ1) is 10.9. The van der Waals surface area contributed by atoms with Crippen molar-refractivity contribution in [2.45, 2.75) is 90.4 Å². The van der Waals surface area contributed by atoms with Crippen LogP contribution in [-0.4, -0.2) is 29.8 Å². The average molecular weight is 351 g/mol. The summed E-state index contributed by atoms with van der Waals surface area (Å²) in [5.74, 6) is -2.82. The van der Waals surface area contributed by atoms with E-state index in [0.29, 0.717) is 12.8 Å². The van der Waals surface area contributed by atoms with Crippen LogP contribution in [0.4, 0.5) is 0 Å². The first-order valence-electron chi connectivity index (χ1n) is 9.04. The molecule has 5 nitrogen and oxygen atoms in total. The fraction of sp³-hybridized carbons (Fsp3) is 0.941. The Labute approximate surface area is 141 Å². The third-order valence-electron chi connectivity index (χ3n) is 4.17. The first-order valence-corrected chi connectivity index (χ1v) is 10.7. The Bertz CT molecular complexity index is 392. The lowest BCUT2D eigenvalue weighted by Crippen LogP contribution is -2.23. The van der Waals surface area contributed by atoms with Gasteiger partial charge in [0.15, 0.2) is 0 Å². The zero-order valence-electron chi connectivity index (χ0n) is 14.5. The minimum Gasteiger partial charge on any atom is -0.481 e. The number of aliphatic carboxylic acids is 1. The fourth-order valence-corrected chi connectivity index (χ4v) is 3.58. The third-order valence-corrected chi connectivity index (χ3v) is 4.99. The first kappa shape index (κ1) is 22.4. The van der Waals surface area contributed by atoms with Crippen LogP contribution >= 0.6 is 0 Å². The molecule has 0 bridgehead atoms. The van der Waals surface area contributed by atoms with Gasteiger partial charge in [-0.15, -0.1) is 0 Å². The van der Waals surface area contributed by atoms with Gasteiger partial charge in [-0.1, -0.05) is 84.0 Å². The minimum atomic E-state index is -4.22. The van der Waals surface area contributed by atoms with Crippen molar-refractivity contribution < 1.29 is 22.9 Å². The van der Waals surface area contributed by atoms with Crippen LogP contribution < -0.4 is 0 Å². The summed E-state index contributed by atoms with van der Waals surface area (Å²) >= 11 is 0. The Morgan fingerprint density at radius 2 is 1.22 bits per heavy atom. The second kappa shape index (κ2) is 13.8. The highest BCUT2D eigenvalue weighted by atomic mass is 32.2. The molecule has 1 unspecified atom stereocenters. The van der Waals surface area contributed by atoms with Crippen LogP contribution in [-0.2, 0) is 14.9 Å². The van der Waals surface area contributed by atoms with Crippen molar-refractivity contribution in [1.29, 1.82) is 0 Å². The highest BCUT2D eigenvalue weighted by Crippen LogP contribution is 2.15. The van der Waals surface area contributed by atoms with E-state index >= 15 is 0 Å². The number of carboxylic acids is 1. The second-order valence-corrected chi connectivity index (χ2v) is 7.96. The number of hydrogen-bond acceptors (Lipinski definition) is 3. The monoisotopic (exact) mass is 350 g/mol. The number of carboxylic acid groups (broad SMARTS) is 1.